The standard InChI is InChI=1S/C30H21Cl2N3O4/c1-39-26-14-11-18-5-2-3-6-20(18)27(26)24-13-10-19-15-17(9-12-23(19)33-24)16-25(30(37)38)34-35-29(36)28-21(31)7-4-8-22(28)32/h2-15,25H,16H2,1H3,(H,37,38)/b35-34+/t25-/m0/s1. The van der Waals surface area contributed by atoms with Crippen LogP contribution in [0.2, 0.25) is 10.0 Å². The highest BCUT2D eigenvalue weighted by molar-refractivity contribution is 6.39. The second kappa shape index (κ2) is 11.2. The average molecular weight is 558 g/mol. The Morgan fingerprint density at radius 2 is 1.67 bits per heavy atom. The van der Waals surface area contributed by atoms with E-state index in [2.05, 4.69) is 10.2 Å². The topological polar surface area (TPSA) is 101 Å². The zero-order valence-electron chi connectivity index (χ0n) is 20.6. The Bertz CT molecular complexity index is 1750. The normalized spacial score (nSPS) is 12.2. The number of aliphatic carboxylic acids is 1. The van der Waals surface area contributed by atoms with E-state index in [1.165, 1.54) is 12.1 Å². The predicted octanol–water partition coefficient (Wildman–Crippen LogP) is 7.66. The summed E-state index contributed by atoms with van der Waals surface area (Å²) in [6, 6.07) is 24.6. The van der Waals surface area contributed by atoms with Gasteiger partial charge in [-0.05, 0) is 52.7 Å². The highest BCUT2D eigenvalue weighted by Crippen LogP contribution is 2.37. The van der Waals surface area contributed by atoms with Crippen molar-refractivity contribution < 1.29 is 19.4 Å². The van der Waals surface area contributed by atoms with Gasteiger partial charge in [0.2, 0.25) is 0 Å². The van der Waals surface area contributed by atoms with Crippen molar-refractivity contribution in [2.75, 3.05) is 7.11 Å². The lowest BCUT2D eigenvalue weighted by atomic mass is 9.99. The lowest BCUT2D eigenvalue weighted by Crippen LogP contribution is -2.20. The van der Waals surface area contributed by atoms with Gasteiger partial charge in [0.25, 0.3) is 5.91 Å². The number of hydrogen-bond acceptors (Lipinski definition) is 5. The van der Waals surface area contributed by atoms with Crippen LogP contribution in [0.25, 0.3) is 32.9 Å². The molecule has 0 bridgehead atoms. The Balaban J connectivity index is 1.43. The summed E-state index contributed by atoms with van der Waals surface area (Å²) < 4.78 is 5.63. The summed E-state index contributed by atoms with van der Waals surface area (Å²) in [5.74, 6) is -1.30. The minimum absolute atomic E-state index is 0.0240. The molecule has 0 saturated carbocycles. The number of nitrogens with zero attached hydrogens (tertiary/aromatic N) is 3. The molecule has 0 radical (unpaired) electrons. The van der Waals surface area contributed by atoms with E-state index < -0.39 is 17.9 Å². The van der Waals surface area contributed by atoms with Crippen molar-refractivity contribution in [3.05, 3.63) is 106 Å². The van der Waals surface area contributed by atoms with E-state index in [9.17, 15) is 14.7 Å². The van der Waals surface area contributed by atoms with Gasteiger partial charge in [-0.1, -0.05) is 71.7 Å². The molecule has 1 amide bonds. The minimum atomic E-state index is -1.28. The third-order valence-corrected chi connectivity index (χ3v) is 6.93. The summed E-state index contributed by atoms with van der Waals surface area (Å²) >= 11 is 12.1. The fourth-order valence-electron chi connectivity index (χ4n) is 4.40. The second-order valence-corrected chi connectivity index (χ2v) is 9.58. The van der Waals surface area contributed by atoms with Gasteiger partial charge in [-0.15, -0.1) is 5.11 Å². The highest BCUT2D eigenvalue weighted by atomic mass is 35.5. The third kappa shape index (κ3) is 5.46. The maximum absolute atomic E-state index is 12.5. The largest absolute Gasteiger partial charge is 0.496 e. The molecule has 39 heavy (non-hydrogen) atoms. The van der Waals surface area contributed by atoms with Crippen LogP contribution in [-0.2, 0) is 11.2 Å². The van der Waals surface area contributed by atoms with E-state index in [0.29, 0.717) is 5.56 Å². The maximum atomic E-state index is 12.5. The van der Waals surface area contributed by atoms with Gasteiger partial charge >= 0.3 is 5.97 Å². The molecule has 1 heterocycles. The van der Waals surface area contributed by atoms with Gasteiger partial charge < -0.3 is 9.84 Å². The smallest absolute Gasteiger partial charge is 0.330 e. The molecule has 1 aromatic heterocycles. The van der Waals surface area contributed by atoms with E-state index in [1.54, 1.807) is 19.2 Å². The number of amides is 1. The Morgan fingerprint density at radius 3 is 2.41 bits per heavy atom. The van der Waals surface area contributed by atoms with E-state index in [4.69, 9.17) is 32.9 Å². The first-order valence-electron chi connectivity index (χ1n) is 11.9. The number of carboxylic acid groups (broad SMARTS) is 1. The van der Waals surface area contributed by atoms with Crippen LogP contribution in [0.5, 0.6) is 5.75 Å². The number of carbonyl (C=O) groups excluding carboxylic acids is 1. The molecule has 4 aromatic carbocycles. The first-order valence-corrected chi connectivity index (χ1v) is 12.7. The molecule has 0 fully saturated rings. The van der Waals surface area contributed by atoms with Crippen LogP contribution in [0.15, 0.2) is 95.2 Å². The van der Waals surface area contributed by atoms with E-state index >= 15 is 0 Å². The van der Waals surface area contributed by atoms with Crippen molar-refractivity contribution >= 4 is 56.8 Å². The van der Waals surface area contributed by atoms with Crippen molar-refractivity contribution in [2.24, 2.45) is 10.2 Å². The quantitative estimate of drug-likeness (QED) is 0.207. The molecule has 0 aliphatic carbocycles. The Kier molecular flexibility index (Phi) is 7.54. The van der Waals surface area contributed by atoms with Gasteiger partial charge in [0, 0.05) is 11.8 Å². The van der Waals surface area contributed by atoms with Gasteiger partial charge in [0.05, 0.1) is 39.5 Å². The number of hydrogen-bond donors (Lipinski definition) is 1. The number of pyridine rings is 1. The Morgan fingerprint density at radius 1 is 0.923 bits per heavy atom. The lowest BCUT2D eigenvalue weighted by Gasteiger charge is -2.13. The van der Waals surface area contributed by atoms with Crippen LogP contribution >= 0.6 is 23.2 Å². The van der Waals surface area contributed by atoms with Crippen LogP contribution in [0.4, 0.5) is 0 Å². The zero-order chi connectivity index (χ0) is 27.5. The van der Waals surface area contributed by atoms with Crippen molar-refractivity contribution in [3.8, 4) is 17.0 Å². The summed E-state index contributed by atoms with van der Waals surface area (Å²) in [6.45, 7) is 0. The Hall–Kier alpha value is -4.33. The molecule has 5 rings (SSSR count). The molecule has 0 aliphatic rings. The Labute approximate surface area is 233 Å². The lowest BCUT2D eigenvalue weighted by molar-refractivity contribution is -0.138. The molecule has 1 N–H and O–H groups in total. The summed E-state index contributed by atoms with van der Waals surface area (Å²) in [6.07, 6.45) is 0.0250. The number of aromatic nitrogens is 1. The number of ether oxygens (including phenoxy) is 1. The van der Waals surface area contributed by atoms with E-state index in [-0.39, 0.29) is 22.0 Å². The number of halogens is 2. The number of carboxylic acids is 1. The van der Waals surface area contributed by atoms with Crippen molar-refractivity contribution in [1.29, 1.82) is 0 Å². The molecule has 5 aromatic rings. The van der Waals surface area contributed by atoms with Gasteiger partial charge in [0.15, 0.2) is 6.04 Å². The number of azo groups is 1. The zero-order valence-corrected chi connectivity index (χ0v) is 22.1. The van der Waals surface area contributed by atoms with Crippen molar-refractivity contribution in [3.63, 3.8) is 0 Å². The molecule has 1 atom stereocenters. The van der Waals surface area contributed by atoms with Crippen LogP contribution in [-0.4, -0.2) is 35.1 Å². The maximum Gasteiger partial charge on any atom is 0.330 e. The molecular formula is C30H21Cl2N3O4. The van der Waals surface area contributed by atoms with Crippen molar-refractivity contribution in [2.45, 2.75) is 12.5 Å². The first-order chi connectivity index (χ1) is 18.9. The summed E-state index contributed by atoms with van der Waals surface area (Å²) in [7, 11) is 1.63. The fraction of sp³-hybridized carbons (Fsp3) is 0.100. The van der Waals surface area contributed by atoms with Gasteiger partial charge in [-0.3, -0.25) is 4.79 Å². The molecule has 9 heteroatoms. The van der Waals surface area contributed by atoms with Crippen LogP contribution in [0, 0.1) is 0 Å². The van der Waals surface area contributed by atoms with E-state index in [1.807, 2.05) is 60.7 Å². The first kappa shape index (κ1) is 26.3. The molecule has 194 valence electrons. The fourth-order valence-corrected chi connectivity index (χ4v) is 4.96. The molecule has 0 unspecified atom stereocenters. The van der Waals surface area contributed by atoms with Gasteiger partial charge in [-0.2, -0.15) is 5.11 Å². The molecule has 0 spiro atoms. The molecule has 0 saturated heterocycles. The number of benzene rings is 4. The van der Waals surface area contributed by atoms with Crippen LogP contribution < -0.4 is 4.74 Å². The van der Waals surface area contributed by atoms with Crippen molar-refractivity contribution in [1.82, 2.24) is 4.98 Å². The summed E-state index contributed by atoms with van der Waals surface area (Å²) in [5.41, 5.74) is 3.08. The monoisotopic (exact) mass is 557 g/mol. The SMILES string of the molecule is COc1ccc2ccccc2c1-c1ccc2cc(C[C@H](/N=N/C(=O)c3c(Cl)cccc3Cl)C(=O)O)ccc2n1. The van der Waals surface area contributed by atoms with Crippen LogP contribution in [0.3, 0.4) is 0 Å². The number of methoxy groups -OCH3 is 1. The summed E-state index contributed by atoms with van der Waals surface area (Å²) in [5, 5.41) is 20.2. The molecule has 0 aliphatic heterocycles. The second-order valence-electron chi connectivity index (χ2n) is 8.76. The third-order valence-electron chi connectivity index (χ3n) is 6.30. The molecular weight excluding hydrogens is 537 g/mol. The van der Waals surface area contributed by atoms with Crippen LogP contribution in [0.1, 0.15) is 15.9 Å². The average Bonchev–Trinajstić information content (AvgIpc) is 2.94. The predicted molar refractivity (Wildman–Crippen MR) is 152 cm³/mol. The number of carbonyl (C=O) groups is 2. The van der Waals surface area contributed by atoms with E-state index in [0.717, 1.165) is 38.7 Å². The minimum Gasteiger partial charge on any atom is -0.496 e. The number of fused-ring (bicyclic) bond motifs is 2. The van der Waals surface area contributed by atoms with Gasteiger partial charge in [0.1, 0.15) is 5.75 Å². The number of rotatable bonds is 7. The summed E-state index contributed by atoms with van der Waals surface area (Å²) in [4.78, 5) is 29.2. The molecule has 7 nitrogen and oxygen atoms in total. The van der Waals surface area contributed by atoms with Gasteiger partial charge in [-0.25, -0.2) is 9.78 Å². The highest BCUT2D eigenvalue weighted by Gasteiger charge is 2.20.